The summed E-state index contributed by atoms with van der Waals surface area (Å²) in [5.41, 5.74) is 2.87. The highest BCUT2D eigenvalue weighted by atomic mass is 127. The van der Waals surface area contributed by atoms with Crippen LogP contribution in [0.4, 0.5) is 5.69 Å². The van der Waals surface area contributed by atoms with Crippen molar-refractivity contribution < 1.29 is 19.2 Å². The van der Waals surface area contributed by atoms with Gasteiger partial charge < -0.3 is 9.47 Å². The average molecular weight is 871 g/mol. The monoisotopic (exact) mass is 871 g/mol. The third-order valence-electron chi connectivity index (χ3n) is 7.83. The van der Waals surface area contributed by atoms with E-state index in [0.717, 1.165) is 34.8 Å². The van der Waals surface area contributed by atoms with E-state index in [1.165, 1.54) is 22.0 Å². The molecule has 47 heavy (non-hydrogen) atoms. The maximum atomic E-state index is 14.1. The van der Waals surface area contributed by atoms with E-state index >= 15 is 0 Å². The molecule has 0 unspecified atom stereocenters. The predicted molar refractivity (Wildman–Crippen MR) is 198 cm³/mol. The van der Waals surface area contributed by atoms with Crippen LogP contribution in [-0.2, 0) is 16.1 Å². The molecule has 2 heterocycles. The molecule has 238 valence electrons. The Kier molecular flexibility index (Phi) is 9.62. The molecule has 0 bridgehead atoms. The van der Waals surface area contributed by atoms with Crippen LogP contribution in [0.1, 0.15) is 42.1 Å². The maximum Gasteiger partial charge on any atom is 0.338 e. The highest BCUT2D eigenvalue weighted by Gasteiger charge is 2.34. The van der Waals surface area contributed by atoms with Crippen LogP contribution in [0.3, 0.4) is 0 Å². The lowest BCUT2D eigenvalue weighted by Crippen LogP contribution is -2.40. The van der Waals surface area contributed by atoms with Gasteiger partial charge in [0.15, 0.2) is 4.80 Å². The SMILES string of the molecule is CCOC(=O)C1=C(C)N=c2s/c(=C/c3cc(I)c(OCc4cccc5ccccc45)c(I)c3)c(=O)n2[C@@H]1c1ccc(C)c([N+](=O)[O-])c1. The summed E-state index contributed by atoms with van der Waals surface area (Å²) in [7, 11) is 0. The second-order valence-electron chi connectivity index (χ2n) is 10.8. The van der Waals surface area contributed by atoms with Crippen LogP contribution in [0.15, 0.2) is 93.9 Å². The van der Waals surface area contributed by atoms with Crippen LogP contribution in [0.2, 0.25) is 0 Å². The van der Waals surface area contributed by atoms with Crippen LogP contribution < -0.4 is 19.6 Å². The van der Waals surface area contributed by atoms with E-state index in [1.807, 2.05) is 30.3 Å². The standard InChI is InChI=1S/C35H27I2N3O6S/c1-4-45-34(42)30-20(3)38-35-39(31(30)23-13-12-19(2)28(17-23)40(43)44)33(41)29(47-35)16-21-14-26(36)32(27(37)15-21)46-18-24-10-7-9-22-8-5-6-11-25(22)24/h5-17,31H,4,18H2,1-3H3/b29-16+/t31-/m1/s1. The fraction of sp³-hybridized carbons (Fsp3) is 0.171. The molecule has 0 saturated heterocycles. The number of nitrogens with zero attached hydrogens (tertiary/aromatic N) is 3. The number of aryl methyl sites for hydroxylation is 1. The molecule has 0 radical (unpaired) electrons. The molecule has 0 amide bonds. The number of benzene rings is 4. The van der Waals surface area contributed by atoms with E-state index in [4.69, 9.17) is 9.47 Å². The normalized spacial score (nSPS) is 14.6. The van der Waals surface area contributed by atoms with Gasteiger partial charge in [-0.15, -0.1) is 0 Å². The van der Waals surface area contributed by atoms with E-state index in [1.54, 1.807) is 39.0 Å². The summed E-state index contributed by atoms with van der Waals surface area (Å²) in [6.07, 6.45) is 1.79. The highest BCUT2D eigenvalue weighted by molar-refractivity contribution is 14.1. The van der Waals surface area contributed by atoms with Crippen LogP contribution in [0.5, 0.6) is 5.75 Å². The molecule has 12 heteroatoms. The average Bonchev–Trinajstić information content (AvgIpc) is 3.33. The summed E-state index contributed by atoms with van der Waals surface area (Å²) in [6.45, 7) is 5.55. The van der Waals surface area contributed by atoms with Gasteiger partial charge in [-0.2, -0.15) is 0 Å². The van der Waals surface area contributed by atoms with Crippen molar-refractivity contribution in [2.75, 3.05) is 6.61 Å². The number of allylic oxidation sites excluding steroid dienone is 1. The number of rotatable bonds is 8. The second kappa shape index (κ2) is 13.7. The third kappa shape index (κ3) is 6.50. The first kappa shape index (κ1) is 33.0. The van der Waals surface area contributed by atoms with Crippen molar-refractivity contribution in [2.45, 2.75) is 33.4 Å². The third-order valence-corrected chi connectivity index (χ3v) is 10.4. The lowest BCUT2D eigenvalue weighted by Gasteiger charge is -2.24. The quantitative estimate of drug-likeness (QED) is 0.0722. The van der Waals surface area contributed by atoms with Gasteiger partial charge in [-0.3, -0.25) is 19.5 Å². The molecule has 1 atom stereocenters. The van der Waals surface area contributed by atoms with Crippen molar-refractivity contribution in [2.24, 2.45) is 4.99 Å². The van der Waals surface area contributed by atoms with Crippen LogP contribution in [0.25, 0.3) is 16.8 Å². The minimum absolute atomic E-state index is 0.102. The first-order valence-electron chi connectivity index (χ1n) is 14.6. The molecule has 1 aromatic heterocycles. The number of carbonyl (C=O) groups is 1. The summed E-state index contributed by atoms with van der Waals surface area (Å²) in [5, 5.41) is 14.1. The number of carbonyl (C=O) groups excluding carboxylic acids is 1. The summed E-state index contributed by atoms with van der Waals surface area (Å²) >= 11 is 5.68. The van der Waals surface area contributed by atoms with Gasteiger partial charge in [-0.25, -0.2) is 9.79 Å². The number of aromatic nitrogens is 1. The fourth-order valence-electron chi connectivity index (χ4n) is 5.62. The molecule has 5 aromatic rings. The zero-order valence-corrected chi connectivity index (χ0v) is 30.6. The number of fused-ring (bicyclic) bond motifs is 2. The molecule has 0 fully saturated rings. The largest absolute Gasteiger partial charge is 0.487 e. The Balaban J connectivity index is 1.40. The lowest BCUT2D eigenvalue weighted by molar-refractivity contribution is -0.385. The van der Waals surface area contributed by atoms with Crippen molar-refractivity contribution in [1.29, 1.82) is 0 Å². The number of nitro groups is 1. The van der Waals surface area contributed by atoms with E-state index in [0.29, 0.717) is 32.8 Å². The first-order chi connectivity index (χ1) is 22.6. The summed E-state index contributed by atoms with van der Waals surface area (Å²) in [4.78, 5) is 43.6. The zero-order chi connectivity index (χ0) is 33.4. The molecule has 0 aliphatic carbocycles. The Hall–Kier alpha value is -3.89. The number of hydrogen-bond donors (Lipinski definition) is 0. The lowest BCUT2D eigenvalue weighted by atomic mass is 9.94. The predicted octanol–water partition coefficient (Wildman–Crippen LogP) is 6.96. The summed E-state index contributed by atoms with van der Waals surface area (Å²) in [6, 6.07) is 22.1. The topological polar surface area (TPSA) is 113 Å². The Bertz CT molecular complexity index is 2280. The van der Waals surface area contributed by atoms with Crippen LogP contribution >= 0.6 is 56.5 Å². The Morgan fingerprint density at radius 1 is 1.06 bits per heavy atom. The van der Waals surface area contributed by atoms with Gasteiger partial charge in [0.2, 0.25) is 0 Å². The summed E-state index contributed by atoms with van der Waals surface area (Å²) in [5.74, 6) is 0.132. The molecule has 6 rings (SSSR count). The van der Waals surface area contributed by atoms with Crippen molar-refractivity contribution in [1.82, 2.24) is 4.57 Å². The fourth-order valence-corrected chi connectivity index (χ4v) is 8.79. The minimum atomic E-state index is -0.947. The molecular formula is C35H27I2N3O6S. The second-order valence-corrected chi connectivity index (χ2v) is 14.2. The number of esters is 1. The number of ether oxygens (including phenoxy) is 2. The van der Waals surface area contributed by atoms with Crippen LogP contribution in [0, 0.1) is 24.2 Å². The number of nitro benzene ring substituents is 1. The molecule has 0 spiro atoms. The minimum Gasteiger partial charge on any atom is -0.487 e. The van der Waals surface area contributed by atoms with Crippen LogP contribution in [-0.4, -0.2) is 22.1 Å². The van der Waals surface area contributed by atoms with E-state index in [9.17, 15) is 19.7 Å². The van der Waals surface area contributed by atoms with Gasteiger partial charge in [-0.1, -0.05) is 65.9 Å². The van der Waals surface area contributed by atoms with Crippen molar-refractivity contribution in [3.63, 3.8) is 0 Å². The Morgan fingerprint density at radius 2 is 1.79 bits per heavy atom. The van der Waals surface area contributed by atoms with Crippen molar-refractivity contribution in [3.05, 3.63) is 143 Å². The molecule has 1 aliphatic rings. The van der Waals surface area contributed by atoms with E-state index in [2.05, 4.69) is 74.4 Å². The van der Waals surface area contributed by atoms with Gasteiger partial charge in [-0.05, 0) is 112 Å². The molecule has 1 aliphatic heterocycles. The maximum absolute atomic E-state index is 14.1. The number of thiazole rings is 1. The zero-order valence-electron chi connectivity index (χ0n) is 25.5. The van der Waals surface area contributed by atoms with Gasteiger partial charge in [0.25, 0.3) is 11.2 Å². The van der Waals surface area contributed by atoms with Gasteiger partial charge in [0.1, 0.15) is 12.4 Å². The molecule has 0 saturated carbocycles. The van der Waals surface area contributed by atoms with Gasteiger partial charge in [0, 0.05) is 11.6 Å². The van der Waals surface area contributed by atoms with Crippen molar-refractivity contribution in [3.8, 4) is 5.75 Å². The highest BCUT2D eigenvalue weighted by Crippen LogP contribution is 2.34. The molecule has 4 aromatic carbocycles. The van der Waals surface area contributed by atoms with E-state index in [-0.39, 0.29) is 23.4 Å². The first-order valence-corrected chi connectivity index (χ1v) is 17.6. The number of halogens is 2. The van der Waals surface area contributed by atoms with Gasteiger partial charge >= 0.3 is 5.97 Å². The Morgan fingerprint density at radius 3 is 2.51 bits per heavy atom. The van der Waals surface area contributed by atoms with E-state index < -0.39 is 16.9 Å². The summed E-state index contributed by atoms with van der Waals surface area (Å²) < 4.78 is 15.3. The molecule has 0 N–H and O–H groups in total. The molecular weight excluding hydrogens is 844 g/mol. The number of hydrogen-bond acceptors (Lipinski definition) is 8. The molecule has 9 nitrogen and oxygen atoms in total. The smallest absolute Gasteiger partial charge is 0.338 e. The van der Waals surface area contributed by atoms with Gasteiger partial charge in [0.05, 0.1) is 40.5 Å². The Labute approximate surface area is 300 Å². The van der Waals surface area contributed by atoms with Crippen molar-refractivity contribution >= 4 is 85.0 Å².